The van der Waals surface area contributed by atoms with Gasteiger partial charge in [0, 0.05) is 6.04 Å². The summed E-state index contributed by atoms with van der Waals surface area (Å²) in [7, 11) is 0. The average molecular weight is 266 g/mol. The molecule has 1 amide bonds. The third kappa shape index (κ3) is 2.67. The van der Waals surface area contributed by atoms with Gasteiger partial charge in [0.1, 0.15) is 0 Å². The smallest absolute Gasteiger partial charge is 0.241 e. The molecule has 1 aliphatic carbocycles. The molecular formula is C16H30N2O. The van der Waals surface area contributed by atoms with Gasteiger partial charge in [-0.2, -0.15) is 0 Å². The molecule has 0 bridgehead atoms. The van der Waals surface area contributed by atoms with E-state index in [9.17, 15) is 4.79 Å². The van der Waals surface area contributed by atoms with Crippen LogP contribution in [0.1, 0.15) is 66.7 Å². The summed E-state index contributed by atoms with van der Waals surface area (Å²) in [5, 5.41) is 3.55. The standard InChI is InChI=1S/C16H30N2O/c1-6-13-17-14(11(2)3)15(19)18(13)12-9-7-8-10-16(12,4)5/h11-14,17H,6-10H2,1-5H3. The number of nitrogens with zero attached hydrogens (tertiary/aromatic N) is 1. The molecule has 1 N–H and O–H groups in total. The highest BCUT2D eigenvalue weighted by molar-refractivity contribution is 5.85. The number of amides is 1. The Labute approximate surface area is 118 Å². The Hall–Kier alpha value is -0.570. The number of nitrogens with one attached hydrogen (secondary N) is 1. The molecular weight excluding hydrogens is 236 g/mol. The van der Waals surface area contributed by atoms with Crippen LogP contribution in [0, 0.1) is 11.3 Å². The molecule has 3 unspecified atom stereocenters. The molecule has 3 heteroatoms. The number of hydrogen-bond donors (Lipinski definition) is 1. The molecule has 110 valence electrons. The van der Waals surface area contributed by atoms with Gasteiger partial charge in [-0.1, -0.05) is 47.5 Å². The van der Waals surface area contributed by atoms with Gasteiger partial charge in [0.15, 0.2) is 0 Å². The minimum Gasteiger partial charge on any atom is -0.322 e. The van der Waals surface area contributed by atoms with E-state index in [1.54, 1.807) is 0 Å². The Morgan fingerprint density at radius 3 is 2.58 bits per heavy atom. The summed E-state index contributed by atoms with van der Waals surface area (Å²) in [6, 6.07) is 0.428. The molecule has 0 aromatic heterocycles. The van der Waals surface area contributed by atoms with Gasteiger partial charge in [0.05, 0.1) is 12.2 Å². The van der Waals surface area contributed by atoms with Crippen LogP contribution in [0.15, 0.2) is 0 Å². The normalized spacial score (nSPS) is 35.2. The van der Waals surface area contributed by atoms with Crippen LogP contribution in [0.3, 0.4) is 0 Å². The van der Waals surface area contributed by atoms with Gasteiger partial charge in [0.2, 0.25) is 5.91 Å². The first kappa shape index (κ1) is 14.8. The van der Waals surface area contributed by atoms with Crippen LogP contribution in [-0.2, 0) is 4.79 Å². The molecule has 2 fully saturated rings. The number of carbonyl (C=O) groups excluding carboxylic acids is 1. The average Bonchev–Trinajstić information content (AvgIpc) is 2.66. The summed E-state index contributed by atoms with van der Waals surface area (Å²) in [5.74, 6) is 0.708. The summed E-state index contributed by atoms with van der Waals surface area (Å²) < 4.78 is 0. The van der Waals surface area contributed by atoms with Crippen molar-refractivity contribution in [2.45, 2.75) is 85.0 Å². The van der Waals surface area contributed by atoms with Crippen molar-refractivity contribution in [2.24, 2.45) is 11.3 Å². The van der Waals surface area contributed by atoms with Gasteiger partial charge >= 0.3 is 0 Å². The first-order chi connectivity index (χ1) is 8.88. The molecule has 0 spiro atoms. The summed E-state index contributed by atoms with van der Waals surface area (Å²) in [6.07, 6.45) is 6.22. The van der Waals surface area contributed by atoms with Crippen molar-refractivity contribution < 1.29 is 4.79 Å². The Morgan fingerprint density at radius 2 is 2.05 bits per heavy atom. The maximum atomic E-state index is 12.8. The predicted molar refractivity (Wildman–Crippen MR) is 78.7 cm³/mol. The van der Waals surface area contributed by atoms with Crippen molar-refractivity contribution in [1.82, 2.24) is 10.2 Å². The molecule has 3 nitrogen and oxygen atoms in total. The first-order valence-corrected chi connectivity index (χ1v) is 7.96. The van der Waals surface area contributed by atoms with Crippen molar-refractivity contribution in [3.05, 3.63) is 0 Å². The van der Waals surface area contributed by atoms with Crippen LogP contribution >= 0.6 is 0 Å². The molecule has 1 heterocycles. The van der Waals surface area contributed by atoms with E-state index >= 15 is 0 Å². The Balaban J connectivity index is 2.23. The van der Waals surface area contributed by atoms with E-state index in [1.807, 2.05) is 0 Å². The Bertz CT molecular complexity index is 338. The maximum absolute atomic E-state index is 12.8. The van der Waals surface area contributed by atoms with E-state index < -0.39 is 0 Å². The molecule has 19 heavy (non-hydrogen) atoms. The van der Waals surface area contributed by atoms with Gasteiger partial charge in [0.25, 0.3) is 0 Å². The molecule has 1 saturated heterocycles. The molecule has 3 atom stereocenters. The van der Waals surface area contributed by atoms with Crippen LogP contribution in [0.5, 0.6) is 0 Å². The molecule has 1 aliphatic heterocycles. The zero-order chi connectivity index (χ0) is 14.2. The Morgan fingerprint density at radius 1 is 1.37 bits per heavy atom. The van der Waals surface area contributed by atoms with E-state index in [4.69, 9.17) is 0 Å². The molecule has 0 radical (unpaired) electrons. The van der Waals surface area contributed by atoms with Crippen LogP contribution in [0.25, 0.3) is 0 Å². The van der Waals surface area contributed by atoms with Crippen molar-refractivity contribution in [2.75, 3.05) is 0 Å². The van der Waals surface area contributed by atoms with Gasteiger partial charge in [-0.15, -0.1) is 0 Å². The third-order valence-corrected chi connectivity index (χ3v) is 5.07. The van der Waals surface area contributed by atoms with E-state index in [1.165, 1.54) is 25.7 Å². The lowest BCUT2D eigenvalue weighted by molar-refractivity contribution is -0.136. The highest BCUT2D eigenvalue weighted by Gasteiger charge is 2.47. The van der Waals surface area contributed by atoms with Gasteiger partial charge < -0.3 is 4.90 Å². The topological polar surface area (TPSA) is 32.3 Å². The van der Waals surface area contributed by atoms with Gasteiger partial charge in [-0.3, -0.25) is 10.1 Å². The van der Waals surface area contributed by atoms with E-state index in [-0.39, 0.29) is 17.6 Å². The fourth-order valence-electron chi connectivity index (χ4n) is 3.83. The lowest BCUT2D eigenvalue weighted by Crippen LogP contribution is -2.52. The second-order valence-corrected chi connectivity index (χ2v) is 7.31. The first-order valence-electron chi connectivity index (χ1n) is 7.96. The number of hydrogen-bond acceptors (Lipinski definition) is 2. The molecule has 1 saturated carbocycles. The summed E-state index contributed by atoms with van der Waals surface area (Å²) in [6.45, 7) is 11.1. The molecule has 2 rings (SSSR count). The molecule has 2 aliphatic rings. The highest BCUT2D eigenvalue weighted by atomic mass is 16.2. The zero-order valence-corrected chi connectivity index (χ0v) is 13.2. The largest absolute Gasteiger partial charge is 0.322 e. The zero-order valence-electron chi connectivity index (χ0n) is 13.2. The van der Waals surface area contributed by atoms with E-state index in [0.717, 1.165) is 6.42 Å². The van der Waals surface area contributed by atoms with Gasteiger partial charge in [-0.05, 0) is 30.6 Å². The van der Waals surface area contributed by atoms with Crippen molar-refractivity contribution >= 4 is 5.91 Å². The maximum Gasteiger partial charge on any atom is 0.241 e. The lowest BCUT2D eigenvalue weighted by atomic mass is 9.72. The van der Waals surface area contributed by atoms with Gasteiger partial charge in [-0.25, -0.2) is 0 Å². The fraction of sp³-hybridized carbons (Fsp3) is 0.938. The quantitative estimate of drug-likeness (QED) is 0.851. The fourth-order valence-corrected chi connectivity index (χ4v) is 3.83. The number of rotatable bonds is 3. The van der Waals surface area contributed by atoms with Crippen LogP contribution in [0.4, 0.5) is 0 Å². The summed E-state index contributed by atoms with van der Waals surface area (Å²) >= 11 is 0. The molecule has 0 aromatic rings. The lowest BCUT2D eigenvalue weighted by Gasteiger charge is -2.45. The van der Waals surface area contributed by atoms with E-state index in [0.29, 0.717) is 17.9 Å². The van der Waals surface area contributed by atoms with Crippen molar-refractivity contribution in [1.29, 1.82) is 0 Å². The van der Waals surface area contributed by atoms with Crippen LogP contribution in [0.2, 0.25) is 0 Å². The van der Waals surface area contributed by atoms with E-state index in [2.05, 4.69) is 44.8 Å². The minimum atomic E-state index is 0.0164. The van der Waals surface area contributed by atoms with Crippen LogP contribution < -0.4 is 5.32 Å². The van der Waals surface area contributed by atoms with Crippen molar-refractivity contribution in [3.63, 3.8) is 0 Å². The highest BCUT2D eigenvalue weighted by Crippen LogP contribution is 2.41. The Kier molecular flexibility index (Phi) is 4.24. The van der Waals surface area contributed by atoms with Crippen LogP contribution in [-0.4, -0.2) is 29.1 Å². The number of carbonyl (C=O) groups is 1. The molecule has 0 aromatic carbocycles. The second-order valence-electron chi connectivity index (χ2n) is 7.31. The second kappa shape index (κ2) is 5.43. The predicted octanol–water partition coefficient (Wildman–Crippen LogP) is 3.15. The SMILES string of the molecule is CCC1NC(C(C)C)C(=O)N1C1CCCCC1(C)C. The third-order valence-electron chi connectivity index (χ3n) is 5.07. The monoisotopic (exact) mass is 266 g/mol. The summed E-state index contributed by atoms with van der Waals surface area (Å²) in [5.41, 5.74) is 0.259. The summed E-state index contributed by atoms with van der Waals surface area (Å²) in [4.78, 5) is 15.0. The minimum absolute atomic E-state index is 0.0164. The van der Waals surface area contributed by atoms with Crippen molar-refractivity contribution in [3.8, 4) is 0 Å².